The summed E-state index contributed by atoms with van der Waals surface area (Å²) in [5.41, 5.74) is 1.20. The summed E-state index contributed by atoms with van der Waals surface area (Å²) in [5, 5.41) is 3.34. The quantitative estimate of drug-likeness (QED) is 0.902. The molecule has 1 saturated heterocycles. The summed E-state index contributed by atoms with van der Waals surface area (Å²) in [6.45, 7) is 3.01. The van der Waals surface area contributed by atoms with Crippen LogP contribution in [0.25, 0.3) is 0 Å². The Balaban J connectivity index is 1.78. The number of benzene rings is 1. The summed E-state index contributed by atoms with van der Waals surface area (Å²) in [6, 6.07) is 8.10. The van der Waals surface area contributed by atoms with Gasteiger partial charge in [0.25, 0.3) is 0 Å². The van der Waals surface area contributed by atoms with Crippen LogP contribution in [-0.2, 0) is 11.2 Å². The van der Waals surface area contributed by atoms with Crippen LogP contribution in [0.2, 0.25) is 0 Å². The van der Waals surface area contributed by atoms with Gasteiger partial charge in [-0.15, -0.1) is 0 Å². The first-order valence-electron chi connectivity index (χ1n) is 6.85. The van der Waals surface area contributed by atoms with Crippen molar-refractivity contribution in [2.75, 3.05) is 26.7 Å². The average Bonchev–Trinajstić information content (AvgIpc) is 2.90. The fourth-order valence-electron chi connectivity index (χ4n) is 2.49. The number of rotatable bonds is 5. The van der Waals surface area contributed by atoms with Crippen LogP contribution in [0.1, 0.15) is 18.4 Å². The Labute approximate surface area is 123 Å². The maximum absolute atomic E-state index is 12.1. The van der Waals surface area contributed by atoms with Gasteiger partial charge in [-0.25, -0.2) is 0 Å². The number of nitrogens with zero attached hydrogens (tertiary/aromatic N) is 1. The van der Waals surface area contributed by atoms with Crippen LogP contribution in [0.4, 0.5) is 0 Å². The van der Waals surface area contributed by atoms with Crippen LogP contribution >= 0.6 is 15.9 Å². The van der Waals surface area contributed by atoms with Crippen molar-refractivity contribution in [1.82, 2.24) is 10.2 Å². The number of carbonyl (C=O) groups excluding carboxylic acids is 1. The maximum atomic E-state index is 12.1. The Kier molecular flexibility index (Phi) is 5.40. The molecule has 0 aromatic heterocycles. The molecule has 1 fully saturated rings. The second kappa shape index (κ2) is 7.06. The second-order valence-corrected chi connectivity index (χ2v) is 6.08. The van der Waals surface area contributed by atoms with E-state index in [0.717, 1.165) is 30.5 Å². The Morgan fingerprint density at radius 3 is 2.95 bits per heavy atom. The number of halogens is 1. The van der Waals surface area contributed by atoms with E-state index in [1.165, 1.54) is 12.0 Å². The molecule has 1 N–H and O–H groups in total. The fourth-order valence-corrected chi connectivity index (χ4v) is 2.98. The van der Waals surface area contributed by atoms with Gasteiger partial charge in [0.15, 0.2) is 0 Å². The minimum absolute atomic E-state index is 0.239. The molecule has 0 saturated carbocycles. The van der Waals surface area contributed by atoms with Crippen molar-refractivity contribution in [3.8, 4) is 0 Å². The van der Waals surface area contributed by atoms with Gasteiger partial charge in [-0.05, 0) is 43.5 Å². The predicted octanol–water partition coefficient (Wildman–Crippen LogP) is 2.45. The SMILES string of the molecule is CN(CC1CCNC1)C(=O)CCc1ccccc1Br. The molecule has 1 amide bonds. The van der Waals surface area contributed by atoms with Crippen LogP contribution in [0.15, 0.2) is 28.7 Å². The van der Waals surface area contributed by atoms with E-state index in [-0.39, 0.29) is 5.91 Å². The summed E-state index contributed by atoms with van der Waals surface area (Å²) in [4.78, 5) is 14.0. The third kappa shape index (κ3) is 4.32. The standard InChI is InChI=1S/C15H21BrN2O/c1-18(11-12-8-9-17-10-12)15(19)7-6-13-4-2-3-5-14(13)16/h2-5,12,17H,6-11H2,1H3. The normalized spacial score (nSPS) is 18.5. The van der Waals surface area contributed by atoms with E-state index in [2.05, 4.69) is 27.3 Å². The fraction of sp³-hybridized carbons (Fsp3) is 0.533. The number of carbonyl (C=O) groups is 1. The third-order valence-corrected chi connectivity index (χ3v) is 4.46. The zero-order chi connectivity index (χ0) is 13.7. The van der Waals surface area contributed by atoms with Gasteiger partial charge in [-0.2, -0.15) is 0 Å². The first-order chi connectivity index (χ1) is 9.16. The molecule has 104 valence electrons. The zero-order valence-corrected chi connectivity index (χ0v) is 12.9. The van der Waals surface area contributed by atoms with E-state index < -0.39 is 0 Å². The van der Waals surface area contributed by atoms with Gasteiger partial charge in [0.05, 0.1) is 0 Å². The van der Waals surface area contributed by atoms with Gasteiger partial charge in [0.1, 0.15) is 0 Å². The lowest BCUT2D eigenvalue weighted by Gasteiger charge is -2.20. The first-order valence-corrected chi connectivity index (χ1v) is 7.64. The molecule has 1 aliphatic rings. The molecule has 0 spiro atoms. The minimum atomic E-state index is 0.239. The van der Waals surface area contributed by atoms with Gasteiger partial charge in [0, 0.05) is 24.5 Å². The van der Waals surface area contributed by atoms with E-state index in [9.17, 15) is 4.79 Å². The van der Waals surface area contributed by atoms with Crippen molar-refractivity contribution in [2.45, 2.75) is 19.3 Å². The van der Waals surface area contributed by atoms with E-state index in [4.69, 9.17) is 0 Å². The average molecular weight is 325 g/mol. The van der Waals surface area contributed by atoms with Crippen LogP contribution in [0.5, 0.6) is 0 Å². The Morgan fingerprint density at radius 1 is 1.47 bits per heavy atom. The monoisotopic (exact) mass is 324 g/mol. The Bertz CT molecular complexity index is 430. The number of amides is 1. The van der Waals surface area contributed by atoms with Crippen molar-refractivity contribution < 1.29 is 4.79 Å². The van der Waals surface area contributed by atoms with Gasteiger partial charge in [0.2, 0.25) is 5.91 Å². The lowest BCUT2D eigenvalue weighted by molar-refractivity contribution is -0.130. The molecule has 1 heterocycles. The molecule has 0 bridgehead atoms. The van der Waals surface area contributed by atoms with Crippen molar-refractivity contribution >= 4 is 21.8 Å². The van der Waals surface area contributed by atoms with Crippen LogP contribution in [0.3, 0.4) is 0 Å². The molecule has 1 aromatic carbocycles. The molecular weight excluding hydrogens is 304 g/mol. The van der Waals surface area contributed by atoms with Crippen molar-refractivity contribution in [2.24, 2.45) is 5.92 Å². The Hall–Kier alpha value is -0.870. The molecule has 0 aliphatic carbocycles. The van der Waals surface area contributed by atoms with E-state index in [0.29, 0.717) is 12.3 Å². The summed E-state index contributed by atoms with van der Waals surface area (Å²) in [5.74, 6) is 0.861. The van der Waals surface area contributed by atoms with Crippen LogP contribution < -0.4 is 5.32 Å². The van der Waals surface area contributed by atoms with Gasteiger partial charge >= 0.3 is 0 Å². The van der Waals surface area contributed by atoms with Crippen molar-refractivity contribution in [1.29, 1.82) is 0 Å². The van der Waals surface area contributed by atoms with Crippen molar-refractivity contribution in [3.63, 3.8) is 0 Å². The molecule has 0 radical (unpaired) electrons. The largest absolute Gasteiger partial charge is 0.345 e. The van der Waals surface area contributed by atoms with E-state index >= 15 is 0 Å². The molecule has 19 heavy (non-hydrogen) atoms. The highest BCUT2D eigenvalue weighted by Gasteiger charge is 2.19. The molecule has 1 unspecified atom stereocenters. The van der Waals surface area contributed by atoms with E-state index in [1.807, 2.05) is 30.1 Å². The molecule has 1 aromatic rings. The highest BCUT2D eigenvalue weighted by atomic mass is 79.9. The van der Waals surface area contributed by atoms with Crippen LogP contribution in [-0.4, -0.2) is 37.5 Å². The topological polar surface area (TPSA) is 32.3 Å². The summed E-state index contributed by atoms with van der Waals surface area (Å²) >= 11 is 3.52. The zero-order valence-electron chi connectivity index (χ0n) is 11.4. The number of hydrogen-bond donors (Lipinski definition) is 1. The maximum Gasteiger partial charge on any atom is 0.222 e. The van der Waals surface area contributed by atoms with E-state index in [1.54, 1.807) is 0 Å². The van der Waals surface area contributed by atoms with Crippen LogP contribution in [0, 0.1) is 5.92 Å². The summed E-state index contributed by atoms with van der Waals surface area (Å²) in [6.07, 6.45) is 2.56. The summed E-state index contributed by atoms with van der Waals surface area (Å²) < 4.78 is 1.09. The second-order valence-electron chi connectivity index (χ2n) is 5.22. The van der Waals surface area contributed by atoms with Gasteiger partial charge in [-0.1, -0.05) is 34.1 Å². The number of hydrogen-bond acceptors (Lipinski definition) is 2. The number of aryl methyl sites for hydroxylation is 1. The lowest BCUT2D eigenvalue weighted by atomic mass is 10.1. The minimum Gasteiger partial charge on any atom is -0.345 e. The molecule has 2 rings (SSSR count). The highest BCUT2D eigenvalue weighted by molar-refractivity contribution is 9.10. The third-order valence-electron chi connectivity index (χ3n) is 3.69. The molecule has 4 heteroatoms. The van der Waals surface area contributed by atoms with Gasteiger partial charge < -0.3 is 10.2 Å². The molecule has 3 nitrogen and oxygen atoms in total. The predicted molar refractivity (Wildman–Crippen MR) is 81.1 cm³/mol. The first kappa shape index (κ1) is 14.5. The molecular formula is C15H21BrN2O. The highest BCUT2D eigenvalue weighted by Crippen LogP contribution is 2.18. The lowest BCUT2D eigenvalue weighted by Crippen LogP contribution is -2.32. The molecule has 1 aliphatic heterocycles. The summed E-state index contributed by atoms with van der Waals surface area (Å²) in [7, 11) is 1.92. The number of nitrogens with one attached hydrogen (secondary N) is 1. The van der Waals surface area contributed by atoms with Gasteiger partial charge in [-0.3, -0.25) is 4.79 Å². The Morgan fingerprint density at radius 2 is 2.26 bits per heavy atom. The smallest absolute Gasteiger partial charge is 0.222 e. The molecule has 1 atom stereocenters. The van der Waals surface area contributed by atoms with Crippen molar-refractivity contribution in [3.05, 3.63) is 34.3 Å².